The highest BCUT2D eigenvalue weighted by molar-refractivity contribution is 5.71. The van der Waals surface area contributed by atoms with Gasteiger partial charge in [-0.15, -0.1) is 0 Å². The van der Waals surface area contributed by atoms with Gasteiger partial charge < -0.3 is 5.21 Å². The summed E-state index contributed by atoms with van der Waals surface area (Å²) in [4.78, 5) is 0. The molecule has 1 heterocycles. The lowest BCUT2D eigenvalue weighted by Crippen LogP contribution is -2.31. The molecule has 0 radical (unpaired) electrons. The van der Waals surface area contributed by atoms with E-state index in [4.69, 9.17) is 9.15 Å². The monoisotopic (exact) mass is 209 g/mol. The molecule has 0 aliphatic rings. The molecule has 1 unspecified atom stereocenters. The largest absolute Gasteiger partial charge is 0.314 e. The lowest BCUT2D eigenvalue weighted by atomic mass is 10.1. The van der Waals surface area contributed by atoms with Gasteiger partial charge >= 0.3 is 0 Å². The fourth-order valence-corrected chi connectivity index (χ4v) is 1.63. The maximum Gasteiger partial charge on any atom is 0.225 e. The highest BCUT2D eigenvalue weighted by Gasteiger charge is 2.12. The van der Waals surface area contributed by atoms with E-state index in [0.717, 1.165) is 23.2 Å². The van der Waals surface area contributed by atoms with E-state index >= 15 is 0 Å². The summed E-state index contributed by atoms with van der Waals surface area (Å²) in [5, 5.41) is 10.8. The fourth-order valence-electron chi connectivity index (χ4n) is 1.63. The third-order valence-corrected chi connectivity index (χ3v) is 2.59. The number of hydroxylamine groups is 2. The maximum absolute atomic E-state index is 9.50. The van der Waals surface area contributed by atoms with Crippen LogP contribution in [0.5, 0.6) is 0 Å². The smallest absolute Gasteiger partial charge is 0.225 e. The molecule has 82 valence electrons. The van der Waals surface area contributed by atoms with E-state index < -0.39 is 0 Å². The van der Waals surface area contributed by atoms with E-state index in [-0.39, 0.29) is 6.04 Å². The third kappa shape index (κ3) is 2.06. The van der Waals surface area contributed by atoms with Crippen molar-refractivity contribution in [1.29, 1.82) is 0 Å². The van der Waals surface area contributed by atoms with Crippen molar-refractivity contribution < 1.29 is 14.4 Å². The van der Waals surface area contributed by atoms with E-state index in [2.05, 4.69) is 0 Å². The molecule has 0 saturated heterocycles. The number of benzene rings is 1. The zero-order valence-corrected chi connectivity index (χ0v) is 8.93. The van der Waals surface area contributed by atoms with Crippen molar-refractivity contribution in [3.63, 3.8) is 0 Å². The number of likely N-dealkylation sites (N-methyl/N-ethyl adjacent to an activating group) is 1. The van der Waals surface area contributed by atoms with Crippen LogP contribution in [-0.4, -0.2) is 22.9 Å². The zero-order valence-electron chi connectivity index (χ0n) is 8.93. The van der Waals surface area contributed by atoms with Crippen molar-refractivity contribution in [3.05, 3.63) is 23.8 Å². The van der Waals surface area contributed by atoms with E-state index in [9.17, 15) is 5.21 Å². The average Bonchev–Trinajstić information content (AvgIpc) is 2.21. The number of rotatable bonds is 4. The first kappa shape index (κ1) is 10.3. The van der Waals surface area contributed by atoms with Gasteiger partial charge in [0, 0.05) is 12.6 Å². The molecule has 1 atom stereocenters. The van der Waals surface area contributed by atoms with Crippen LogP contribution in [0.15, 0.2) is 27.4 Å². The first-order valence-corrected chi connectivity index (χ1v) is 5.13. The minimum absolute atomic E-state index is 0.106. The topological polar surface area (TPSA) is 49.8 Å². The van der Waals surface area contributed by atoms with Gasteiger partial charge in [0.2, 0.25) is 11.2 Å². The first-order chi connectivity index (χ1) is 7.20. The molecule has 0 fully saturated rings. The molecule has 0 aliphatic heterocycles. The third-order valence-electron chi connectivity index (χ3n) is 2.59. The maximum atomic E-state index is 9.50. The predicted octanol–water partition coefficient (Wildman–Crippen LogP) is 2.67. The summed E-state index contributed by atoms with van der Waals surface area (Å²) >= 11 is 0. The molecular weight excluding hydrogens is 194 g/mol. The van der Waals surface area contributed by atoms with Crippen LogP contribution in [0.25, 0.3) is 11.2 Å². The SMILES string of the molecule is CCN(O)C(C)Cc1ccc2ooc2c1. The van der Waals surface area contributed by atoms with Crippen LogP contribution in [0.1, 0.15) is 19.4 Å². The molecule has 0 spiro atoms. The van der Waals surface area contributed by atoms with E-state index in [0.29, 0.717) is 6.54 Å². The summed E-state index contributed by atoms with van der Waals surface area (Å²) < 4.78 is 9.55. The Morgan fingerprint density at radius 1 is 1.33 bits per heavy atom. The van der Waals surface area contributed by atoms with Gasteiger partial charge in [0.25, 0.3) is 0 Å². The fraction of sp³-hybridized carbons (Fsp3) is 0.455. The van der Waals surface area contributed by atoms with Crippen LogP contribution in [0.3, 0.4) is 0 Å². The second-order valence-corrected chi connectivity index (χ2v) is 3.76. The van der Waals surface area contributed by atoms with Gasteiger partial charge in [0.15, 0.2) is 0 Å². The number of nitrogens with zero attached hydrogens (tertiary/aromatic N) is 1. The van der Waals surface area contributed by atoms with Gasteiger partial charge in [-0.2, -0.15) is 5.06 Å². The highest BCUT2D eigenvalue weighted by atomic mass is 17.0. The molecule has 1 N–H and O–H groups in total. The molecule has 2 aromatic rings. The highest BCUT2D eigenvalue weighted by Crippen LogP contribution is 2.20. The predicted molar refractivity (Wildman–Crippen MR) is 55.8 cm³/mol. The van der Waals surface area contributed by atoms with Crippen molar-refractivity contribution in [3.8, 4) is 0 Å². The Balaban J connectivity index is 2.06. The molecule has 15 heavy (non-hydrogen) atoms. The van der Waals surface area contributed by atoms with Gasteiger partial charge in [-0.1, -0.05) is 13.0 Å². The normalized spacial score (nSPS) is 13.9. The molecule has 1 aromatic carbocycles. The first-order valence-electron chi connectivity index (χ1n) is 5.13. The molecule has 0 bridgehead atoms. The van der Waals surface area contributed by atoms with Gasteiger partial charge in [0.1, 0.15) is 0 Å². The molecule has 4 heteroatoms. The standard InChI is InChI=1S/C11H15NO3/c1-3-12(13)8(2)6-9-4-5-10-11(7-9)15-14-10/h4-5,7-8,13H,3,6H2,1-2H3. The molecular formula is C11H15NO3. The molecule has 0 saturated carbocycles. The Labute approximate surface area is 88.0 Å². The van der Waals surface area contributed by atoms with Crippen molar-refractivity contribution in [2.75, 3.05) is 6.54 Å². The number of fused-ring (bicyclic) bond motifs is 1. The summed E-state index contributed by atoms with van der Waals surface area (Å²) in [7, 11) is 0. The molecule has 0 aliphatic carbocycles. The van der Waals surface area contributed by atoms with Gasteiger partial charge in [-0.25, -0.2) is 0 Å². The van der Waals surface area contributed by atoms with Crippen molar-refractivity contribution in [1.82, 2.24) is 5.06 Å². The Hall–Kier alpha value is -1.26. The Morgan fingerprint density at radius 3 is 2.60 bits per heavy atom. The van der Waals surface area contributed by atoms with E-state index in [1.165, 1.54) is 5.06 Å². The lowest BCUT2D eigenvalue weighted by Gasteiger charge is -2.20. The summed E-state index contributed by atoms with van der Waals surface area (Å²) in [5.74, 6) is 0. The number of hydrogen-bond acceptors (Lipinski definition) is 4. The van der Waals surface area contributed by atoms with Crippen LogP contribution in [-0.2, 0) is 6.42 Å². The Kier molecular flexibility index (Phi) is 2.79. The number of hydrogen-bond donors (Lipinski definition) is 1. The van der Waals surface area contributed by atoms with Crippen LogP contribution in [0, 0.1) is 0 Å². The molecule has 2 rings (SSSR count). The van der Waals surface area contributed by atoms with Crippen molar-refractivity contribution >= 4 is 11.2 Å². The van der Waals surface area contributed by atoms with Gasteiger partial charge in [0.05, 0.1) is 0 Å². The molecule has 4 nitrogen and oxygen atoms in total. The quantitative estimate of drug-likeness (QED) is 0.621. The Bertz CT molecular complexity index is 432. The molecule has 1 aromatic heterocycles. The van der Waals surface area contributed by atoms with Crippen molar-refractivity contribution in [2.45, 2.75) is 26.3 Å². The van der Waals surface area contributed by atoms with Crippen LogP contribution in [0.2, 0.25) is 0 Å². The van der Waals surface area contributed by atoms with Gasteiger partial charge in [-0.05, 0) is 31.0 Å². The summed E-state index contributed by atoms with van der Waals surface area (Å²) in [5.41, 5.74) is 2.69. The lowest BCUT2D eigenvalue weighted by molar-refractivity contribution is -0.117. The summed E-state index contributed by atoms with van der Waals surface area (Å²) in [6, 6.07) is 5.92. The van der Waals surface area contributed by atoms with E-state index in [1.807, 2.05) is 32.0 Å². The van der Waals surface area contributed by atoms with Gasteiger partial charge in [-0.3, -0.25) is 9.15 Å². The Morgan fingerprint density at radius 2 is 2.07 bits per heavy atom. The average molecular weight is 209 g/mol. The van der Waals surface area contributed by atoms with Crippen LogP contribution < -0.4 is 0 Å². The van der Waals surface area contributed by atoms with Crippen LogP contribution >= 0.6 is 0 Å². The zero-order chi connectivity index (χ0) is 10.8. The minimum Gasteiger partial charge on any atom is -0.314 e. The minimum atomic E-state index is 0.106. The molecule has 0 amide bonds. The van der Waals surface area contributed by atoms with E-state index in [1.54, 1.807) is 0 Å². The second kappa shape index (κ2) is 4.08. The summed E-state index contributed by atoms with van der Waals surface area (Å²) in [6.07, 6.45) is 0.793. The van der Waals surface area contributed by atoms with Crippen LogP contribution in [0.4, 0.5) is 0 Å². The summed E-state index contributed by atoms with van der Waals surface area (Å²) in [6.45, 7) is 4.54. The second-order valence-electron chi connectivity index (χ2n) is 3.76. The van der Waals surface area contributed by atoms with Crippen molar-refractivity contribution in [2.24, 2.45) is 0 Å².